The molecule has 2 amide bonds. The van der Waals surface area contributed by atoms with Crippen molar-refractivity contribution in [3.63, 3.8) is 0 Å². The van der Waals surface area contributed by atoms with Crippen molar-refractivity contribution in [2.24, 2.45) is 0 Å². The van der Waals surface area contributed by atoms with Gasteiger partial charge in [0.05, 0.1) is 11.5 Å². The van der Waals surface area contributed by atoms with E-state index in [-0.39, 0.29) is 35.4 Å². The van der Waals surface area contributed by atoms with E-state index in [1.54, 1.807) is 29.2 Å². The molecule has 0 aliphatic carbocycles. The van der Waals surface area contributed by atoms with Crippen molar-refractivity contribution >= 4 is 27.3 Å². The van der Waals surface area contributed by atoms with Gasteiger partial charge in [-0.3, -0.25) is 9.59 Å². The third-order valence-electron chi connectivity index (χ3n) is 5.37. The highest BCUT2D eigenvalue weighted by Crippen LogP contribution is 2.33. The number of amides is 2. The Morgan fingerprint density at radius 3 is 2.57 bits per heavy atom. The molecule has 0 radical (unpaired) electrons. The molecule has 28 heavy (non-hydrogen) atoms. The number of anilines is 1. The molecule has 0 aromatic heterocycles. The Kier molecular flexibility index (Phi) is 4.71. The first-order chi connectivity index (χ1) is 13.3. The highest BCUT2D eigenvalue weighted by molar-refractivity contribution is 7.91. The number of carbonyl (C=O) groups excluding carboxylic acids is 2. The lowest BCUT2D eigenvalue weighted by molar-refractivity contribution is 0.0941. The molecule has 2 aromatic carbocycles. The molecule has 0 bridgehead atoms. The van der Waals surface area contributed by atoms with Crippen LogP contribution in [-0.2, 0) is 16.3 Å². The number of benzene rings is 2. The summed E-state index contributed by atoms with van der Waals surface area (Å²) in [5.74, 6) is -0.426. The zero-order valence-corrected chi connectivity index (χ0v) is 16.4. The quantitative estimate of drug-likeness (QED) is 0.859. The van der Waals surface area contributed by atoms with E-state index in [0.717, 1.165) is 17.7 Å². The number of carbonyl (C=O) groups is 2. The van der Waals surface area contributed by atoms with Crippen molar-refractivity contribution in [3.8, 4) is 0 Å². The van der Waals surface area contributed by atoms with Gasteiger partial charge in [-0.1, -0.05) is 24.3 Å². The van der Waals surface area contributed by atoms with Crippen LogP contribution in [0.15, 0.2) is 48.5 Å². The van der Waals surface area contributed by atoms with Crippen molar-refractivity contribution < 1.29 is 18.0 Å². The minimum Gasteiger partial charge on any atom is -0.348 e. The van der Waals surface area contributed by atoms with Crippen LogP contribution in [0.25, 0.3) is 0 Å². The van der Waals surface area contributed by atoms with Crippen molar-refractivity contribution in [3.05, 3.63) is 65.2 Å². The Labute approximate surface area is 164 Å². The number of para-hydroxylation sites is 1. The number of fused-ring (bicyclic) bond motifs is 1. The lowest BCUT2D eigenvalue weighted by Gasteiger charge is -2.23. The molecular weight excluding hydrogens is 376 g/mol. The molecule has 7 heteroatoms. The minimum absolute atomic E-state index is 0.0283. The average molecular weight is 398 g/mol. The summed E-state index contributed by atoms with van der Waals surface area (Å²) < 4.78 is 23.2. The number of rotatable bonds is 3. The van der Waals surface area contributed by atoms with E-state index in [4.69, 9.17) is 0 Å². The van der Waals surface area contributed by atoms with Gasteiger partial charge in [-0.25, -0.2) is 8.42 Å². The second kappa shape index (κ2) is 7.05. The minimum atomic E-state index is -3.07. The highest BCUT2D eigenvalue weighted by atomic mass is 32.2. The molecule has 1 N–H and O–H groups in total. The van der Waals surface area contributed by atoms with Gasteiger partial charge in [-0.05, 0) is 49.6 Å². The molecular formula is C21H22N2O4S. The van der Waals surface area contributed by atoms with Gasteiger partial charge in [0.15, 0.2) is 9.84 Å². The zero-order chi connectivity index (χ0) is 19.9. The predicted octanol–water partition coefficient (Wildman–Crippen LogP) is 2.19. The van der Waals surface area contributed by atoms with Gasteiger partial charge < -0.3 is 10.2 Å². The lowest BCUT2D eigenvalue weighted by Crippen LogP contribution is -2.37. The Morgan fingerprint density at radius 1 is 1.07 bits per heavy atom. The van der Waals surface area contributed by atoms with Gasteiger partial charge in [0.2, 0.25) is 0 Å². The Hall–Kier alpha value is -2.67. The number of nitrogens with one attached hydrogen (secondary N) is 1. The maximum atomic E-state index is 13.1. The normalized spacial score (nSPS) is 22.7. The Balaban J connectivity index is 1.54. The van der Waals surface area contributed by atoms with Crippen LogP contribution in [0.2, 0.25) is 0 Å². The molecule has 146 valence electrons. The maximum Gasteiger partial charge on any atom is 0.258 e. The summed E-state index contributed by atoms with van der Waals surface area (Å²) in [7, 11) is -3.07. The third kappa shape index (κ3) is 3.54. The predicted molar refractivity (Wildman–Crippen MR) is 107 cm³/mol. The van der Waals surface area contributed by atoms with Crippen LogP contribution >= 0.6 is 0 Å². The Morgan fingerprint density at radius 2 is 1.82 bits per heavy atom. The molecule has 0 spiro atoms. The first kappa shape index (κ1) is 18.7. The number of nitrogens with zero attached hydrogens (tertiary/aromatic N) is 1. The molecule has 2 aliphatic rings. The molecule has 1 saturated heterocycles. The summed E-state index contributed by atoms with van der Waals surface area (Å²) in [6, 6.07) is 14.1. The fraction of sp³-hybridized carbons (Fsp3) is 0.333. The molecule has 2 aliphatic heterocycles. The van der Waals surface area contributed by atoms with E-state index >= 15 is 0 Å². The van der Waals surface area contributed by atoms with Gasteiger partial charge in [0.1, 0.15) is 0 Å². The van der Waals surface area contributed by atoms with E-state index in [9.17, 15) is 18.0 Å². The number of sulfone groups is 1. The summed E-state index contributed by atoms with van der Waals surface area (Å²) in [5, 5.41) is 2.77. The van der Waals surface area contributed by atoms with Crippen LogP contribution in [0.4, 0.5) is 5.69 Å². The van der Waals surface area contributed by atoms with Crippen molar-refractivity contribution in [2.75, 3.05) is 16.4 Å². The van der Waals surface area contributed by atoms with Crippen LogP contribution in [0.3, 0.4) is 0 Å². The van der Waals surface area contributed by atoms with Gasteiger partial charge in [-0.15, -0.1) is 0 Å². The first-order valence-electron chi connectivity index (χ1n) is 9.37. The topological polar surface area (TPSA) is 83.6 Å². The smallest absolute Gasteiger partial charge is 0.258 e. The molecule has 6 nitrogen and oxygen atoms in total. The second-order valence-electron chi connectivity index (χ2n) is 7.51. The van der Waals surface area contributed by atoms with Gasteiger partial charge in [0, 0.05) is 28.9 Å². The molecule has 2 atom stereocenters. The molecule has 2 unspecified atom stereocenters. The van der Waals surface area contributed by atoms with Crippen LogP contribution in [-0.4, -0.2) is 43.8 Å². The van der Waals surface area contributed by atoms with Crippen LogP contribution < -0.4 is 10.2 Å². The van der Waals surface area contributed by atoms with Gasteiger partial charge in [-0.2, -0.15) is 0 Å². The largest absolute Gasteiger partial charge is 0.348 e. The molecule has 4 rings (SSSR count). The average Bonchev–Trinajstić information content (AvgIpc) is 3.19. The van der Waals surface area contributed by atoms with Crippen LogP contribution in [0.5, 0.6) is 0 Å². The third-order valence-corrected chi connectivity index (χ3v) is 7.13. The van der Waals surface area contributed by atoms with Crippen molar-refractivity contribution in [1.82, 2.24) is 5.32 Å². The fourth-order valence-electron chi connectivity index (χ4n) is 3.99. The highest BCUT2D eigenvalue weighted by Gasteiger charge is 2.32. The van der Waals surface area contributed by atoms with E-state index < -0.39 is 9.84 Å². The first-order valence-corrected chi connectivity index (χ1v) is 11.2. The number of hydrogen-bond acceptors (Lipinski definition) is 4. The van der Waals surface area contributed by atoms with Gasteiger partial charge in [0.25, 0.3) is 11.8 Å². The summed E-state index contributed by atoms with van der Waals surface area (Å²) >= 11 is 0. The van der Waals surface area contributed by atoms with Crippen molar-refractivity contribution in [2.45, 2.75) is 31.8 Å². The second-order valence-corrected chi connectivity index (χ2v) is 9.74. The van der Waals surface area contributed by atoms with E-state index in [1.165, 1.54) is 0 Å². The van der Waals surface area contributed by atoms with Crippen LogP contribution in [0, 0.1) is 0 Å². The monoisotopic (exact) mass is 398 g/mol. The molecule has 2 heterocycles. The number of hydrogen-bond donors (Lipinski definition) is 1. The van der Waals surface area contributed by atoms with E-state index in [1.807, 2.05) is 31.2 Å². The van der Waals surface area contributed by atoms with Crippen molar-refractivity contribution in [1.29, 1.82) is 0 Å². The van der Waals surface area contributed by atoms with E-state index in [2.05, 4.69) is 5.32 Å². The molecule has 2 aromatic rings. The fourth-order valence-corrected chi connectivity index (χ4v) is 5.66. The summed E-state index contributed by atoms with van der Waals surface area (Å²) in [6.07, 6.45) is 1.23. The van der Waals surface area contributed by atoms with Gasteiger partial charge >= 0.3 is 0 Å². The van der Waals surface area contributed by atoms with E-state index in [0.29, 0.717) is 17.5 Å². The SMILES string of the molecule is CC1Cc2ccccc2N1C(=O)c1cccc(C(=O)NC2CCS(=O)(=O)C2)c1. The summed E-state index contributed by atoms with van der Waals surface area (Å²) in [4.78, 5) is 27.5. The maximum absolute atomic E-state index is 13.1. The molecule has 0 saturated carbocycles. The lowest BCUT2D eigenvalue weighted by atomic mass is 10.1. The molecule has 1 fully saturated rings. The summed E-state index contributed by atoms with van der Waals surface area (Å²) in [6.45, 7) is 2.01. The summed E-state index contributed by atoms with van der Waals surface area (Å²) in [5.41, 5.74) is 2.84. The Bertz CT molecular complexity index is 1050. The standard InChI is InChI=1S/C21H22N2O4S/c1-14-11-15-5-2-3-8-19(15)23(14)21(25)17-7-4-6-16(12-17)20(24)22-18-9-10-28(26,27)13-18/h2-8,12,14,18H,9-11,13H2,1H3,(H,22,24). The van der Waals surface area contributed by atoms with Crippen LogP contribution in [0.1, 0.15) is 39.6 Å². The zero-order valence-electron chi connectivity index (χ0n) is 15.6.